The molecule has 0 unspecified atom stereocenters. The summed E-state index contributed by atoms with van der Waals surface area (Å²) in [5.74, 6) is -0.939. The third kappa shape index (κ3) is 4.50. The number of hydrogen-bond acceptors (Lipinski definition) is 5. The van der Waals surface area contributed by atoms with Crippen LogP contribution in [0.3, 0.4) is 0 Å². The van der Waals surface area contributed by atoms with Gasteiger partial charge in [0.1, 0.15) is 23.8 Å². The molecule has 0 fully saturated rings. The minimum atomic E-state index is -3.59. The molecule has 0 atom stereocenters. The Labute approximate surface area is 199 Å². The summed E-state index contributed by atoms with van der Waals surface area (Å²) in [5, 5.41) is 8.74. The topological polar surface area (TPSA) is 94.2 Å². The maximum Gasteiger partial charge on any atom is 0.232 e. The van der Waals surface area contributed by atoms with Crippen LogP contribution in [0.4, 0.5) is 14.5 Å². The average Bonchev–Trinajstić information content (AvgIpc) is 3.44. The van der Waals surface area contributed by atoms with Crippen molar-refractivity contribution in [2.24, 2.45) is 0 Å². The minimum absolute atomic E-state index is 0.126. The quantitative estimate of drug-likeness (QED) is 0.372. The average molecular weight is 495 g/mol. The van der Waals surface area contributed by atoms with E-state index in [1.807, 2.05) is 12.1 Å². The van der Waals surface area contributed by atoms with E-state index in [-0.39, 0.29) is 17.0 Å². The van der Waals surface area contributed by atoms with Gasteiger partial charge >= 0.3 is 0 Å². The highest BCUT2D eigenvalue weighted by molar-refractivity contribution is 7.92. The van der Waals surface area contributed by atoms with Crippen LogP contribution in [0.2, 0.25) is 0 Å². The summed E-state index contributed by atoms with van der Waals surface area (Å²) in [6.45, 7) is 3.31. The molecule has 0 aliphatic heterocycles. The van der Waals surface area contributed by atoms with Crippen LogP contribution >= 0.6 is 0 Å². The Balaban J connectivity index is 1.65. The van der Waals surface area contributed by atoms with Crippen molar-refractivity contribution in [1.82, 2.24) is 24.4 Å². The molecule has 3 heterocycles. The number of anilines is 1. The highest BCUT2D eigenvalue weighted by Gasteiger charge is 2.16. The van der Waals surface area contributed by atoms with Gasteiger partial charge in [-0.2, -0.15) is 10.2 Å². The fourth-order valence-electron chi connectivity index (χ4n) is 3.77. The van der Waals surface area contributed by atoms with Crippen LogP contribution in [0, 0.1) is 18.6 Å². The normalized spacial score (nSPS) is 11.8. The van der Waals surface area contributed by atoms with Crippen molar-refractivity contribution in [1.29, 1.82) is 0 Å². The van der Waals surface area contributed by atoms with Gasteiger partial charge in [-0.1, -0.05) is 0 Å². The molecule has 0 amide bonds. The van der Waals surface area contributed by atoms with Crippen LogP contribution in [0.5, 0.6) is 0 Å². The SMILES string of the molecule is CCS(=O)(=O)Nc1cc(-c2ccc(F)cc2F)cc(-c2cnn3cc(-n4cnc(C)n4)ccc23)c1. The first kappa shape index (κ1) is 22.7. The first-order valence-corrected chi connectivity index (χ1v) is 12.3. The molecule has 1 N–H and O–H groups in total. The van der Waals surface area contributed by atoms with Crippen LogP contribution in [0.25, 0.3) is 33.5 Å². The smallest absolute Gasteiger partial charge is 0.232 e. The second-order valence-electron chi connectivity index (χ2n) is 7.94. The molecule has 0 aliphatic rings. The number of pyridine rings is 1. The number of hydrogen-bond donors (Lipinski definition) is 1. The molecule has 0 spiro atoms. The second kappa shape index (κ2) is 8.58. The third-order valence-electron chi connectivity index (χ3n) is 5.51. The number of halogens is 2. The maximum atomic E-state index is 14.6. The fourth-order valence-corrected chi connectivity index (χ4v) is 4.40. The molecular formula is C24H20F2N6O2S. The predicted molar refractivity (Wildman–Crippen MR) is 129 cm³/mol. The molecule has 35 heavy (non-hydrogen) atoms. The minimum Gasteiger partial charge on any atom is -0.284 e. The van der Waals surface area contributed by atoms with Crippen LogP contribution in [-0.4, -0.2) is 38.5 Å². The number of nitrogens with zero attached hydrogens (tertiary/aromatic N) is 5. The molecule has 8 nitrogen and oxygen atoms in total. The zero-order valence-electron chi connectivity index (χ0n) is 18.8. The van der Waals surface area contributed by atoms with Crippen LogP contribution in [0.1, 0.15) is 12.7 Å². The molecule has 0 radical (unpaired) electrons. The molecule has 5 aromatic rings. The Bertz CT molecular complexity index is 1680. The van der Waals surface area contributed by atoms with Crippen molar-refractivity contribution < 1.29 is 17.2 Å². The Hall–Kier alpha value is -4.12. The Morgan fingerprint density at radius 2 is 1.77 bits per heavy atom. The lowest BCUT2D eigenvalue weighted by Gasteiger charge is -2.12. The van der Waals surface area contributed by atoms with Gasteiger partial charge in [0.15, 0.2) is 0 Å². The molecule has 2 aromatic carbocycles. The zero-order valence-corrected chi connectivity index (χ0v) is 19.6. The molecular weight excluding hydrogens is 474 g/mol. The monoisotopic (exact) mass is 494 g/mol. The number of benzene rings is 2. The predicted octanol–water partition coefficient (Wildman–Crippen LogP) is 4.60. The first-order valence-electron chi connectivity index (χ1n) is 10.7. The largest absolute Gasteiger partial charge is 0.284 e. The molecule has 11 heteroatoms. The molecule has 5 rings (SSSR count). The van der Waals surface area contributed by atoms with Crippen molar-refractivity contribution in [3.05, 3.63) is 84.7 Å². The van der Waals surface area contributed by atoms with Gasteiger partial charge in [-0.05, 0) is 67.4 Å². The molecule has 3 aromatic heterocycles. The lowest BCUT2D eigenvalue weighted by atomic mass is 9.98. The van der Waals surface area contributed by atoms with Gasteiger partial charge in [0.2, 0.25) is 10.0 Å². The van der Waals surface area contributed by atoms with E-state index in [0.29, 0.717) is 22.5 Å². The van der Waals surface area contributed by atoms with Gasteiger partial charge in [-0.25, -0.2) is 31.4 Å². The summed E-state index contributed by atoms with van der Waals surface area (Å²) in [6.07, 6.45) is 5.04. The Kier molecular flexibility index (Phi) is 5.56. The first-order chi connectivity index (χ1) is 16.7. The van der Waals surface area contributed by atoms with E-state index in [1.165, 1.54) is 19.1 Å². The summed E-state index contributed by atoms with van der Waals surface area (Å²) in [6, 6.07) is 11.9. The van der Waals surface area contributed by atoms with Gasteiger partial charge in [0.25, 0.3) is 0 Å². The Morgan fingerprint density at radius 3 is 2.46 bits per heavy atom. The van der Waals surface area contributed by atoms with E-state index >= 15 is 0 Å². The number of aryl methyl sites for hydroxylation is 1. The van der Waals surface area contributed by atoms with E-state index in [1.54, 1.807) is 47.0 Å². The van der Waals surface area contributed by atoms with Crippen molar-refractivity contribution in [2.45, 2.75) is 13.8 Å². The molecule has 0 aliphatic carbocycles. The fraction of sp³-hybridized carbons (Fsp3) is 0.125. The Morgan fingerprint density at radius 1 is 1.00 bits per heavy atom. The van der Waals surface area contributed by atoms with E-state index in [4.69, 9.17) is 0 Å². The summed E-state index contributed by atoms with van der Waals surface area (Å²) in [4.78, 5) is 4.13. The number of sulfonamides is 1. The van der Waals surface area contributed by atoms with Crippen LogP contribution in [0.15, 0.2) is 67.3 Å². The van der Waals surface area contributed by atoms with Crippen LogP contribution in [-0.2, 0) is 10.0 Å². The summed E-state index contributed by atoms with van der Waals surface area (Å²) < 4.78 is 58.4. The highest BCUT2D eigenvalue weighted by Crippen LogP contribution is 2.34. The molecule has 0 saturated heterocycles. The number of aromatic nitrogens is 5. The van der Waals surface area contributed by atoms with E-state index in [2.05, 4.69) is 19.9 Å². The van der Waals surface area contributed by atoms with Gasteiger partial charge < -0.3 is 0 Å². The lowest BCUT2D eigenvalue weighted by molar-refractivity contribution is 0.585. The van der Waals surface area contributed by atoms with Gasteiger partial charge in [-0.15, -0.1) is 0 Å². The lowest BCUT2D eigenvalue weighted by Crippen LogP contribution is -2.14. The molecule has 0 bridgehead atoms. The number of nitrogens with one attached hydrogen (secondary N) is 1. The zero-order chi connectivity index (χ0) is 24.7. The number of rotatable bonds is 6. The second-order valence-corrected chi connectivity index (χ2v) is 9.95. The third-order valence-corrected chi connectivity index (χ3v) is 6.82. The van der Waals surface area contributed by atoms with Crippen molar-refractivity contribution in [3.8, 4) is 27.9 Å². The molecule has 0 saturated carbocycles. The van der Waals surface area contributed by atoms with Gasteiger partial charge in [0, 0.05) is 22.9 Å². The summed E-state index contributed by atoms with van der Waals surface area (Å²) in [5.41, 5.74) is 3.61. The molecule has 178 valence electrons. The maximum absolute atomic E-state index is 14.6. The van der Waals surface area contributed by atoms with Crippen molar-refractivity contribution >= 4 is 21.2 Å². The highest BCUT2D eigenvalue weighted by atomic mass is 32.2. The summed E-state index contributed by atoms with van der Waals surface area (Å²) >= 11 is 0. The van der Waals surface area contributed by atoms with E-state index in [0.717, 1.165) is 23.3 Å². The van der Waals surface area contributed by atoms with Crippen LogP contribution < -0.4 is 4.72 Å². The van der Waals surface area contributed by atoms with E-state index < -0.39 is 21.7 Å². The van der Waals surface area contributed by atoms with Gasteiger partial charge in [0.05, 0.1) is 29.4 Å². The number of fused-ring (bicyclic) bond motifs is 1. The summed E-state index contributed by atoms with van der Waals surface area (Å²) in [7, 11) is -3.59. The van der Waals surface area contributed by atoms with Crippen molar-refractivity contribution in [2.75, 3.05) is 10.5 Å². The van der Waals surface area contributed by atoms with E-state index in [9.17, 15) is 17.2 Å². The van der Waals surface area contributed by atoms with Gasteiger partial charge in [-0.3, -0.25) is 4.72 Å². The standard InChI is InChI=1S/C24H20F2N6O2S/c1-3-35(33,34)30-19-9-16(21-6-4-18(25)11-23(21)26)8-17(10-19)22-12-28-31-13-20(5-7-24(22)31)32-14-27-15(2)29-32/h4-14,30H,3H2,1-2H3. The van der Waals surface area contributed by atoms with Crippen molar-refractivity contribution in [3.63, 3.8) is 0 Å².